The molecule has 2 aromatic rings. The van der Waals surface area contributed by atoms with Gasteiger partial charge in [-0.2, -0.15) is 18.3 Å². The number of para-hydroxylation sites is 1. The molecule has 0 aliphatic heterocycles. The lowest BCUT2D eigenvalue weighted by Gasteiger charge is -2.07. The Hall–Kier alpha value is -2.06. The summed E-state index contributed by atoms with van der Waals surface area (Å²) in [7, 11) is 0. The zero-order chi connectivity index (χ0) is 16.2. The highest BCUT2D eigenvalue weighted by molar-refractivity contribution is 6.32. The lowest BCUT2D eigenvalue weighted by atomic mass is 10.3. The van der Waals surface area contributed by atoms with Gasteiger partial charge < -0.3 is 10.1 Å². The second-order valence-electron chi connectivity index (χ2n) is 4.28. The van der Waals surface area contributed by atoms with Crippen LogP contribution in [0.3, 0.4) is 0 Å². The molecular formula is C13H11ClF3N3O2. The zero-order valence-corrected chi connectivity index (χ0v) is 11.9. The number of benzene rings is 1. The fourth-order valence-corrected chi connectivity index (χ4v) is 1.84. The van der Waals surface area contributed by atoms with Crippen LogP contribution >= 0.6 is 11.6 Å². The van der Waals surface area contributed by atoms with E-state index in [4.69, 9.17) is 11.6 Å². The van der Waals surface area contributed by atoms with E-state index in [0.717, 1.165) is 0 Å². The highest BCUT2D eigenvalue weighted by Gasteiger charge is 2.27. The number of amides is 1. The van der Waals surface area contributed by atoms with Gasteiger partial charge in [0, 0.05) is 0 Å². The molecule has 0 aliphatic rings. The molecule has 0 atom stereocenters. The molecule has 0 saturated carbocycles. The summed E-state index contributed by atoms with van der Waals surface area (Å²) < 4.78 is 41.3. The third-order valence-electron chi connectivity index (χ3n) is 2.46. The van der Waals surface area contributed by atoms with Crippen molar-refractivity contribution in [2.24, 2.45) is 0 Å². The Kier molecular flexibility index (Phi) is 5.04. The van der Waals surface area contributed by atoms with Crippen molar-refractivity contribution in [2.45, 2.75) is 6.18 Å². The van der Waals surface area contributed by atoms with Crippen molar-refractivity contribution < 1.29 is 22.7 Å². The summed E-state index contributed by atoms with van der Waals surface area (Å²) >= 11 is 6.01. The molecule has 22 heavy (non-hydrogen) atoms. The summed E-state index contributed by atoms with van der Waals surface area (Å²) in [4.78, 5) is 11.4. The Labute approximate surface area is 128 Å². The second-order valence-corrected chi connectivity index (χ2v) is 4.69. The molecule has 0 aliphatic carbocycles. The molecule has 5 nitrogen and oxygen atoms in total. The molecule has 1 N–H and O–H groups in total. The number of ether oxygens (including phenoxy) is 1. The van der Waals surface area contributed by atoms with Crippen molar-refractivity contribution in [3.8, 4) is 5.69 Å². The lowest BCUT2D eigenvalue weighted by molar-refractivity contribution is -0.174. The topological polar surface area (TPSA) is 56.1 Å². The van der Waals surface area contributed by atoms with E-state index < -0.39 is 25.3 Å². The monoisotopic (exact) mass is 333 g/mol. The predicted octanol–water partition coefficient (Wildman–Crippen LogP) is 3.04. The minimum Gasteiger partial charge on any atom is -0.362 e. The van der Waals surface area contributed by atoms with Gasteiger partial charge in [0.05, 0.1) is 28.8 Å². The normalized spacial score (nSPS) is 11.5. The minimum atomic E-state index is -4.46. The molecule has 1 aromatic heterocycles. The molecule has 0 saturated heterocycles. The van der Waals surface area contributed by atoms with Crippen LogP contribution in [0.5, 0.6) is 0 Å². The fourth-order valence-electron chi connectivity index (χ4n) is 1.61. The number of halogens is 4. The molecule has 0 bridgehead atoms. The van der Waals surface area contributed by atoms with E-state index in [-0.39, 0.29) is 0 Å². The van der Waals surface area contributed by atoms with Crippen LogP contribution < -0.4 is 5.32 Å². The first-order valence-electron chi connectivity index (χ1n) is 6.09. The van der Waals surface area contributed by atoms with Gasteiger partial charge in [-0.05, 0) is 12.1 Å². The van der Waals surface area contributed by atoms with Gasteiger partial charge in [0.1, 0.15) is 13.2 Å². The van der Waals surface area contributed by atoms with Crippen LogP contribution in [-0.2, 0) is 9.53 Å². The van der Waals surface area contributed by atoms with Crippen molar-refractivity contribution in [1.82, 2.24) is 9.78 Å². The standard InChI is InChI=1S/C13H11ClF3N3O2/c14-10-3-1-2-4-11(10)20-6-9(5-18-20)19-12(21)7-22-8-13(15,16)17/h1-6H,7-8H2,(H,19,21). The van der Waals surface area contributed by atoms with E-state index >= 15 is 0 Å². The van der Waals surface area contributed by atoms with Crippen molar-refractivity contribution in [2.75, 3.05) is 18.5 Å². The second kappa shape index (κ2) is 6.80. The molecule has 1 aromatic carbocycles. The van der Waals surface area contributed by atoms with Gasteiger partial charge in [-0.3, -0.25) is 4.79 Å². The predicted molar refractivity (Wildman–Crippen MR) is 74.1 cm³/mol. The molecule has 9 heteroatoms. The maximum atomic E-state index is 11.9. The quantitative estimate of drug-likeness (QED) is 0.915. The van der Waals surface area contributed by atoms with Crippen LogP contribution in [0.2, 0.25) is 5.02 Å². The Morgan fingerprint density at radius 3 is 2.77 bits per heavy atom. The van der Waals surface area contributed by atoms with E-state index in [0.29, 0.717) is 16.4 Å². The van der Waals surface area contributed by atoms with Crippen LogP contribution in [0.15, 0.2) is 36.7 Å². The largest absolute Gasteiger partial charge is 0.411 e. The van der Waals surface area contributed by atoms with Gasteiger partial charge in [-0.25, -0.2) is 4.68 Å². The third-order valence-corrected chi connectivity index (χ3v) is 2.78. The first-order valence-corrected chi connectivity index (χ1v) is 6.47. The van der Waals surface area contributed by atoms with E-state index in [1.165, 1.54) is 17.1 Å². The number of rotatable bonds is 5. The number of hydrogen-bond acceptors (Lipinski definition) is 3. The molecule has 118 valence electrons. The number of carbonyl (C=O) groups excluding carboxylic acids is 1. The van der Waals surface area contributed by atoms with Crippen molar-refractivity contribution in [3.63, 3.8) is 0 Å². The highest BCUT2D eigenvalue weighted by Crippen LogP contribution is 2.20. The van der Waals surface area contributed by atoms with Crippen LogP contribution in [0.1, 0.15) is 0 Å². The fraction of sp³-hybridized carbons (Fsp3) is 0.231. The van der Waals surface area contributed by atoms with Crippen molar-refractivity contribution in [3.05, 3.63) is 41.7 Å². The number of aromatic nitrogens is 2. The number of nitrogens with one attached hydrogen (secondary N) is 1. The highest BCUT2D eigenvalue weighted by atomic mass is 35.5. The number of hydrogen-bond donors (Lipinski definition) is 1. The molecule has 0 fully saturated rings. The SMILES string of the molecule is O=C(COCC(F)(F)F)Nc1cnn(-c2ccccc2Cl)c1. The summed E-state index contributed by atoms with van der Waals surface area (Å²) in [5.74, 6) is -0.706. The third kappa shape index (κ3) is 4.74. The average molecular weight is 334 g/mol. The number of nitrogens with zero attached hydrogens (tertiary/aromatic N) is 2. The van der Waals surface area contributed by atoms with Gasteiger partial charge in [0.2, 0.25) is 5.91 Å². The Morgan fingerprint density at radius 1 is 1.36 bits per heavy atom. The lowest BCUT2D eigenvalue weighted by Crippen LogP contribution is -2.23. The van der Waals surface area contributed by atoms with E-state index in [1.54, 1.807) is 24.3 Å². The van der Waals surface area contributed by atoms with Crippen LogP contribution in [0, 0.1) is 0 Å². The minimum absolute atomic E-state index is 0.320. The van der Waals surface area contributed by atoms with Gasteiger partial charge in [-0.1, -0.05) is 23.7 Å². The summed E-state index contributed by atoms with van der Waals surface area (Å²) in [5.41, 5.74) is 0.929. The maximum Gasteiger partial charge on any atom is 0.411 e. The molecule has 0 spiro atoms. The maximum absolute atomic E-state index is 11.9. The molecule has 2 rings (SSSR count). The Morgan fingerprint density at radius 2 is 2.09 bits per heavy atom. The molecule has 0 radical (unpaired) electrons. The molecule has 1 amide bonds. The van der Waals surface area contributed by atoms with E-state index in [2.05, 4.69) is 15.2 Å². The van der Waals surface area contributed by atoms with Gasteiger partial charge in [0.25, 0.3) is 0 Å². The molecular weight excluding hydrogens is 323 g/mol. The molecule has 1 heterocycles. The van der Waals surface area contributed by atoms with Crippen molar-refractivity contribution in [1.29, 1.82) is 0 Å². The summed E-state index contributed by atoms with van der Waals surface area (Å²) in [6, 6.07) is 6.94. The average Bonchev–Trinajstić information content (AvgIpc) is 2.86. The van der Waals surface area contributed by atoms with Gasteiger partial charge in [-0.15, -0.1) is 0 Å². The zero-order valence-electron chi connectivity index (χ0n) is 11.1. The summed E-state index contributed by atoms with van der Waals surface area (Å²) in [5, 5.41) is 6.87. The summed E-state index contributed by atoms with van der Waals surface area (Å²) in [6.45, 7) is -2.17. The summed E-state index contributed by atoms with van der Waals surface area (Å²) in [6.07, 6.45) is -1.62. The first-order chi connectivity index (χ1) is 10.3. The molecule has 0 unspecified atom stereocenters. The van der Waals surface area contributed by atoms with E-state index in [1.807, 2.05) is 0 Å². The van der Waals surface area contributed by atoms with E-state index in [9.17, 15) is 18.0 Å². The number of anilines is 1. The smallest absolute Gasteiger partial charge is 0.362 e. The van der Waals surface area contributed by atoms with Crippen LogP contribution in [0.25, 0.3) is 5.69 Å². The van der Waals surface area contributed by atoms with Gasteiger partial charge >= 0.3 is 6.18 Å². The Bertz CT molecular complexity index is 658. The Balaban J connectivity index is 1.92. The van der Waals surface area contributed by atoms with Crippen LogP contribution in [-0.4, -0.2) is 35.1 Å². The number of carbonyl (C=O) groups is 1. The van der Waals surface area contributed by atoms with Crippen molar-refractivity contribution >= 4 is 23.2 Å². The van der Waals surface area contributed by atoms with Crippen LogP contribution in [0.4, 0.5) is 18.9 Å². The van der Waals surface area contributed by atoms with Gasteiger partial charge in [0.15, 0.2) is 0 Å². The first kappa shape index (κ1) is 16.3. The number of alkyl halides is 3.